The lowest BCUT2D eigenvalue weighted by atomic mass is 9.82. The summed E-state index contributed by atoms with van der Waals surface area (Å²) in [6.45, 7) is 4.38. The Balaban J connectivity index is 2.15. The molecule has 12 heavy (non-hydrogen) atoms. The van der Waals surface area contributed by atoms with Crippen LogP contribution in [0.2, 0.25) is 0 Å². The Hall–Kier alpha value is -0.0800. The zero-order chi connectivity index (χ0) is 8.60. The fourth-order valence-electron chi connectivity index (χ4n) is 2.74. The Labute approximate surface area is 74.9 Å². The Kier molecular flexibility index (Phi) is 2.13. The van der Waals surface area contributed by atoms with Crippen LogP contribution in [0.5, 0.6) is 0 Å². The van der Waals surface area contributed by atoms with Crippen LogP contribution in [0.1, 0.15) is 32.6 Å². The van der Waals surface area contributed by atoms with Crippen molar-refractivity contribution in [3.8, 4) is 0 Å². The molecule has 2 fully saturated rings. The van der Waals surface area contributed by atoms with E-state index in [0.29, 0.717) is 0 Å². The van der Waals surface area contributed by atoms with Gasteiger partial charge in [-0.2, -0.15) is 0 Å². The van der Waals surface area contributed by atoms with Gasteiger partial charge in [0.1, 0.15) is 5.72 Å². The van der Waals surface area contributed by atoms with Gasteiger partial charge in [-0.25, -0.2) is 0 Å². The van der Waals surface area contributed by atoms with Crippen molar-refractivity contribution in [1.29, 1.82) is 0 Å². The first-order chi connectivity index (χ1) is 5.76. The summed E-state index contributed by atoms with van der Waals surface area (Å²) >= 11 is 0. The lowest BCUT2D eigenvalue weighted by Gasteiger charge is -2.43. The van der Waals surface area contributed by atoms with Gasteiger partial charge in [-0.05, 0) is 32.2 Å². The second kappa shape index (κ2) is 3.00. The van der Waals surface area contributed by atoms with Crippen molar-refractivity contribution < 1.29 is 4.74 Å². The summed E-state index contributed by atoms with van der Waals surface area (Å²) in [6, 6.07) is 0. The number of likely N-dealkylation sites (N-methyl/N-ethyl adjacent to an activating group) is 1. The molecule has 0 aromatic carbocycles. The first-order valence-corrected chi connectivity index (χ1v) is 5.11. The quantitative estimate of drug-likeness (QED) is 0.549. The molecule has 0 unspecified atom stereocenters. The highest BCUT2D eigenvalue weighted by Crippen LogP contribution is 2.40. The van der Waals surface area contributed by atoms with Gasteiger partial charge >= 0.3 is 0 Å². The molecule has 0 bridgehead atoms. The fourth-order valence-corrected chi connectivity index (χ4v) is 2.74. The van der Waals surface area contributed by atoms with E-state index >= 15 is 0 Å². The average Bonchev–Trinajstić information content (AvgIpc) is 2.41. The smallest absolute Gasteiger partial charge is 0.124 e. The van der Waals surface area contributed by atoms with Gasteiger partial charge in [0, 0.05) is 6.54 Å². The zero-order valence-electron chi connectivity index (χ0n) is 8.18. The molecule has 70 valence electrons. The first-order valence-electron chi connectivity index (χ1n) is 5.11. The minimum Gasteiger partial charge on any atom is -0.359 e. The number of hydrogen-bond acceptors (Lipinski definition) is 2. The SMILES string of the molecule is C[C@H]1CCCC[C@]12OCCN2C. The molecule has 0 aromatic rings. The predicted molar refractivity (Wildman–Crippen MR) is 48.9 cm³/mol. The molecule has 0 amide bonds. The third-order valence-electron chi connectivity index (χ3n) is 3.62. The van der Waals surface area contributed by atoms with Gasteiger partial charge < -0.3 is 4.74 Å². The highest BCUT2D eigenvalue weighted by molar-refractivity contribution is 4.91. The lowest BCUT2D eigenvalue weighted by Crippen LogP contribution is -2.49. The summed E-state index contributed by atoms with van der Waals surface area (Å²) in [5.41, 5.74) is 0.123. The van der Waals surface area contributed by atoms with Gasteiger partial charge in [0.15, 0.2) is 0 Å². The van der Waals surface area contributed by atoms with E-state index in [0.717, 1.165) is 19.1 Å². The maximum absolute atomic E-state index is 5.93. The summed E-state index contributed by atoms with van der Waals surface area (Å²) in [5, 5.41) is 0. The average molecular weight is 169 g/mol. The van der Waals surface area contributed by atoms with E-state index < -0.39 is 0 Å². The Morgan fingerprint density at radius 2 is 2.25 bits per heavy atom. The van der Waals surface area contributed by atoms with Crippen LogP contribution >= 0.6 is 0 Å². The van der Waals surface area contributed by atoms with Gasteiger partial charge in [-0.15, -0.1) is 0 Å². The monoisotopic (exact) mass is 169 g/mol. The maximum Gasteiger partial charge on any atom is 0.124 e. The zero-order valence-corrected chi connectivity index (χ0v) is 8.18. The predicted octanol–water partition coefficient (Wildman–Crippen LogP) is 1.85. The molecule has 2 nitrogen and oxygen atoms in total. The fraction of sp³-hybridized carbons (Fsp3) is 1.00. The second-order valence-corrected chi connectivity index (χ2v) is 4.26. The van der Waals surface area contributed by atoms with E-state index in [2.05, 4.69) is 18.9 Å². The molecule has 2 rings (SSSR count). The van der Waals surface area contributed by atoms with E-state index in [4.69, 9.17) is 4.74 Å². The van der Waals surface area contributed by atoms with Crippen LogP contribution in [0.4, 0.5) is 0 Å². The second-order valence-electron chi connectivity index (χ2n) is 4.26. The summed E-state index contributed by atoms with van der Waals surface area (Å²) in [7, 11) is 2.20. The van der Waals surface area contributed by atoms with Gasteiger partial charge in [0.05, 0.1) is 6.61 Å². The van der Waals surface area contributed by atoms with Crippen LogP contribution < -0.4 is 0 Å². The van der Waals surface area contributed by atoms with Crippen LogP contribution in [0.15, 0.2) is 0 Å². The highest BCUT2D eigenvalue weighted by Gasteiger charge is 2.45. The molecule has 1 saturated heterocycles. The van der Waals surface area contributed by atoms with Gasteiger partial charge in [0.2, 0.25) is 0 Å². The van der Waals surface area contributed by atoms with Crippen LogP contribution in [0, 0.1) is 5.92 Å². The summed E-state index contributed by atoms with van der Waals surface area (Å²) in [5.74, 6) is 0.721. The molecule has 1 aliphatic heterocycles. The van der Waals surface area contributed by atoms with Gasteiger partial charge in [0.25, 0.3) is 0 Å². The summed E-state index contributed by atoms with van der Waals surface area (Å²) in [6.07, 6.45) is 5.31. The van der Waals surface area contributed by atoms with Crippen molar-refractivity contribution in [1.82, 2.24) is 4.90 Å². The highest BCUT2D eigenvalue weighted by atomic mass is 16.5. The maximum atomic E-state index is 5.93. The molecule has 0 radical (unpaired) electrons. The Morgan fingerprint density at radius 3 is 2.83 bits per heavy atom. The summed E-state index contributed by atoms with van der Waals surface area (Å²) < 4.78 is 5.93. The number of hydrogen-bond donors (Lipinski definition) is 0. The molecule has 0 aromatic heterocycles. The Morgan fingerprint density at radius 1 is 1.42 bits per heavy atom. The van der Waals surface area contributed by atoms with E-state index in [1.165, 1.54) is 25.7 Å². The number of ether oxygens (including phenoxy) is 1. The molecule has 1 saturated carbocycles. The minimum absolute atomic E-state index is 0.123. The van der Waals surface area contributed by atoms with E-state index in [9.17, 15) is 0 Å². The topological polar surface area (TPSA) is 12.5 Å². The molecule has 0 N–H and O–H groups in total. The molecule has 1 aliphatic carbocycles. The van der Waals surface area contributed by atoms with E-state index in [1.54, 1.807) is 0 Å². The number of rotatable bonds is 0. The molecule has 1 spiro atoms. The molecule has 2 atom stereocenters. The molecule has 1 heterocycles. The van der Waals surface area contributed by atoms with Crippen molar-refractivity contribution in [3.05, 3.63) is 0 Å². The van der Waals surface area contributed by atoms with Crippen LogP contribution in [0.3, 0.4) is 0 Å². The van der Waals surface area contributed by atoms with Crippen molar-refractivity contribution >= 4 is 0 Å². The van der Waals surface area contributed by atoms with Crippen molar-refractivity contribution in [2.75, 3.05) is 20.2 Å². The molecule has 2 aliphatic rings. The largest absolute Gasteiger partial charge is 0.359 e. The first kappa shape index (κ1) is 8.52. The van der Waals surface area contributed by atoms with Crippen LogP contribution in [-0.4, -0.2) is 30.8 Å². The van der Waals surface area contributed by atoms with Crippen LogP contribution in [-0.2, 0) is 4.74 Å². The molecular formula is C10H19NO. The van der Waals surface area contributed by atoms with Crippen molar-refractivity contribution in [3.63, 3.8) is 0 Å². The van der Waals surface area contributed by atoms with Gasteiger partial charge in [-0.1, -0.05) is 13.3 Å². The van der Waals surface area contributed by atoms with Crippen LogP contribution in [0.25, 0.3) is 0 Å². The molecular weight excluding hydrogens is 150 g/mol. The standard InChI is InChI=1S/C10H19NO/c1-9-5-3-4-6-10(9)11(2)7-8-12-10/h9H,3-8H2,1-2H3/t9-,10-/m0/s1. The minimum atomic E-state index is 0.123. The normalized spacial score (nSPS) is 44.0. The third kappa shape index (κ3) is 1.09. The van der Waals surface area contributed by atoms with Gasteiger partial charge in [-0.3, -0.25) is 4.90 Å². The Bertz CT molecular complexity index is 171. The number of nitrogens with zero attached hydrogens (tertiary/aromatic N) is 1. The van der Waals surface area contributed by atoms with E-state index in [-0.39, 0.29) is 5.72 Å². The lowest BCUT2D eigenvalue weighted by molar-refractivity contribution is -0.133. The van der Waals surface area contributed by atoms with Crippen molar-refractivity contribution in [2.24, 2.45) is 5.92 Å². The van der Waals surface area contributed by atoms with E-state index in [1.807, 2.05) is 0 Å². The molecule has 2 heteroatoms. The van der Waals surface area contributed by atoms with Crippen molar-refractivity contribution in [2.45, 2.75) is 38.3 Å². The third-order valence-corrected chi connectivity index (χ3v) is 3.62. The summed E-state index contributed by atoms with van der Waals surface area (Å²) in [4.78, 5) is 2.41.